The van der Waals surface area contributed by atoms with Crippen LogP contribution >= 0.6 is 0 Å². The van der Waals surface area contributed by atoms with Crippen molar-refractivity contribution in [1.29, 1.82) is 0 Å². The van der Waals surface area contributed by atoms with Crippen molar-refractivity contribution in [2.45, 2.75) is 0 Å². The van der Waals surface area contributed by atoms with Crippen LogP contribution in [0.5, 0.6) is 0 Å². The van der Waals surface area contributed by atoms with E-state index >= 15 is 0 Å². The van der Waals surface area contributed by atoms with E-state index in [1.54, 1.807) is 24.7 Å². The molecule has 4 heterocycles. The predicted molar refractivity (Wildman–Crippen MR) is 94.4 cm³/mol. The van der Waals surface area contributed by atoms with Gasteiger partial charge in [0.15, 0.2) is 0 Å². The number of aromatic amines is 2. The lowest BCUT2D eigenvalue weighted by Crippen LogP contribution is -2.22. The molecule has 0 atom stereocenters. The van der Waals surface area contributed by atoms with Gasteiger partial charge < -0.3 is 9.97 Å². The van der Waals surface area contributed by atoms with Crippen LogP contribution in [0.4, 0.5) is 0 Å². The van der Waals surface area contributed by atoms with Gasteiger partial charge in [0, 0.05) is 46.0 Å². The molecule has 0 saturated carbocycles. The van der Waals surface area contributed by atoms with E-state index in [1.807, 2.05) is 30.3 Å². The number of nitrogens with zero attached hydrogens (tertiary/aromatic N) is 1. The van der Waals surface area contributed by atoms with Crippen molar-refractivity contribution >= 4 is 44.9 Å². The molecule has 0 unspecified atom stereocenters. The molecular formula is C19H12N4O2. The Hall–Kier alpha value is -3.67. The Labute approximate surface area is 141 Å². The highest BCUT2D eigenvalue weighted by Crippen LogP contribution is 2.36. The molecule has 0 radical (unpaired) electrons. The third-order valence-corrected chi connectivity index (χ3v) is 4.51. The molecule has 1 aliphatic heterocycles. The quantitative estimate of drug-likeness (QED) is 0.494. The smallest absolute Gasteiger partial charge is 0.259 e. The molecule has 1 aromatic carbocycles. The highest BCUT2D eigenvalue weighted by Gasteiger charge is 2.34. The first kappa shape index (κ1) is 13.7. The van der Waals surface area contributed by atoms with E-state index in [1.165, 1.54) is 0 Å². The first-order valence-electron chi connectivity index (χ1n) is 7.83. The number of rotatable bonds is 2. The molecule has 0 aliphatic carbocycles. The fourth-order valence-corrected chi connectivity index (χ4v) is 3.41. The van der Waals surface area contributed by atoms with Crippen molar-refractivity contribution in [1.82, 2.24) is 20.3 Å². The second-order valence-corrected chi connectivity index (χ2v) is 5.88. The van der Waals surface area contributed by atoms with Gasteiger partial charge in [0.1, 0.15) is 5.65 Å². The van der Waals surface area contributed by atoms with Gasteiger partial charge in [0.25, 0.3) is 11.8 Å². The zero-order valence-corrected chi connectivity index (χ0v) is 13.0. The maximum absolute atomic E-state index is 12.5. The van der Waals surface area contributed by atoms with Crippen molar-refractivity contribution in [3.05, 3.63) is 66.1 Å². The van der Waals surface area contributed by atoms with Gasteiger partial charge in [0.2, 0.25) is 0 Å². The Bertz CT molecular complexity index is 1120. The molecule has 5 rings (SSSR count). The number of benzene rings is 1. The summed E-state index contributed by atoms with van der Waals surface area (Å²) in [6.45, 7) is 0. The first-order chi connectivity index (χ1) is 12.2. The minimum Gasteiger partial charge on any atom is -0.361 e. The zero-order valence-electron chi connectivity index (χ0n) is 13.0. The summed E-state index contributed by atoms with van der Waals surface area (Å²) in [5.41, 5.74) is 3.73. The topological polar surface area (TPSA) is 90.6 Å². The highest BCUT2D eigenvalue weighted by atomic mass is 16.2. The maximum Gasteiger partial charge on any atom is 0.259 e. The van der Waals surface area contributed by atoms with Crippen molar-refractivity contribution in [2.24, 2.45) is 0 Å². The van der Waals surface area contributed by atoms with Crippen LogP contribution in [0, 0.1) is 0 Å². The van der Waals surface area contributed by atoms with E-state index in [0.717, 1.165) is 16.3 Å². The Morgan fingerprint density at radius 3 is 2.28 bits per heavy atom. The van der Waals surface area contributed by atoms with E-state index in [2.05, 4.69) is 20.3 Å². The van der Waals surface area contributed by atoms with Crippen LogP contribution in [-0.2, 0) is 9.59 Å². The molecule has 6 heteroatoms. The molecule has 0 spiro atoms. The van der Waals surface area contributed by atoms with E-state index in [-0.39, 0.29) is 5.91 Å². The summed E-state index contributed by atoms with van der Waals surface area (Å²) in [6, 6.07) is 11.4. The lowest BCUT2D eigenvalue weighted by Gasteiger charge is -2.02. The fraction of sp³-hybridized carbons (Fsp3) is 0. The van der Waals surface area contributed by atoms with Crippen LogP contribution in [0.25, 0.3) is 33.1 Å². The Morgan fingerprint density at radius 2 is 1.44 bits per heavy atom. The van der Waals surface area contributed by atoms with Crippen LogP contribution in [0.15, 0.2) is 55.0 Å². The molecule has 0 fully saturated rings. The molecule has 120 valence electrons. The average Bonchev–Trinajstić information content (AvgIpc) is 3.30. The molecule has 4 aromatic rings. The molecule has 0 saturated heterocycles. The number of carbonyl (C=O) groups is 2. The monoisotopic (exact) mass is 328 g/mol. The van der Waals surface area contributed by atoms with Crippen LogP contribution in [0.2, 0.25) is 0 Å². The number of aromatic nitrogens is 3. The second kappa shape index (κ2) is 4.91. The van der Waals surface area contributed by atoms with Gasteiger partial charge in [-0.25, -0.2) is 4.98 Å². The number of amides is 2. The van der Waals surface area contributed by atoms with E-state index < -0.39 is 5.91 Å². The van der Waals surface area contributed by atoms with Crippen molar-refractivity contribution < 1.29 is 9.59 Å². The van der Waals surface area contributed by atoms with E-state index in [0.29, 0.717) is 27.9 Å². The minimum absolute atomic E-state index is 0.369. The maximum atomic E-state index is 12.5. The van der Waals surface area contributed by atoms with Gasteiger partial charge in [-0.2, -0.15) is 0 Å². The number of carbonyl (C=O) groups excluding carboxylic acids is 2. The molecular weight excluding hydrogens is 316 g/mol. The Kier molecular flexibility index (Phi) is 2.70. The molecule has 6 nitrogen and oxygen atoms in total. The Morgan fingerprint density at radius 1 is 0.760 bits per heavy atom. The third-order valence-electron chi connectivity index (χ3n) is 4.51. The zero-order chi connectivity index (χ0) is 17.0. The van der Waals surface area contributed by atoms with Gasteiger partial charge in [-0.15, -0.1) is 0 Å². The minimum atomic E-state index is -0.393. The molecule has 0 bridgehead atoms. The summed E-state index contributed by atoms with van der Waals surface area (Å²) in [4.78, 5) is 35.5. The standard InChI is InChI=1S/C19H12N4O2/c24-18-15(12-8-21-14-6-2-1-4-10(12)14)16(19(25)23-18)13-9-22-17-11(13)5-3-7-20-17/h1-9,21H,(H,20,22)(H,23,24,25). The summed E-state index contributed by atoms with van der Waals surface area (Å²) < 4.78 is 0. The molecule has 3 N–H and O–H groups in total. The van der Waals surface area contributed by atoms with Gasteiger partial charge in [-0.05, 0) is 18.2 Å². The van der Waals surface area contributed by atoms with Gasteiger partial charge >= 0.3 is 0 Å². The number of imide groups is 1. The highest BCUT2D eigenvalue weighted by molar-refractivity contribution is 6.50. The van der Waals surface area contributed by atoms with Gasteiger partial charge in [-0.3, -0.25) is 14.9 Å². The largest absolute Gasteiger partial charge is 0.361 e. The van der Waals surface area contributed by atoms with Crippen LogP contribution in [0.3, 0.4) is 0 Å². The number of hydrogen-bond acceptors (Lipinski definition) is 3. The number of hydrogen-bond donors (Lipinski definition) is 3. The number of H-pyrrole nitrogens is 2. The van der Waals surface area contributed by atoms with Gasteiger partial charge in [0.05, 0.1) is 11.1 Å². The molecule has 25 heavy (non-hydrogen) atoms. The number of para-hydroxylation sites is 1. The third kappa shape index (κ3) is 1.88. The van der Waals surface area contributed by atoms with Gasteiger partial charge in [-0.1, -0.05) is 18.2 Å². The van der Waals surface area contributed by atoms with Crippen molar-refractivity contribution in [3.8, 4) is 0 Å². The number of pyridine rings is 1. The normalized spacial score (nSPS) is 14.7. The van der Waals surface area contributed by atoms with Crippen LogP contribution in [0.1, 0.15) is 11.1 Å². The van der Waals surface area contributed by atoms with E-state index in [9.17, 15) is 9.59 Å². The fourth-order valence-electron chi connectivity index (χ4n) is 3.41. The first-order valence-corrected chi connectivity index (χ1v) is 7.83. The number of nitrogens with one attached hydrogen (secondary N) is 3. The number of fused-ring (bicyclic) bond motifs is 2. The molecule has 1 aliphatic rings. The second-order valence-electron chi connectivity index (χ2n) is 5.88. The van der Waals surface area contributed by atoms with Crippen molar-refractivity contribution in [2.75, 3.05) is 0 Å². The van der Waals surface area contributed by atoms with E-state index in [4.69, 9.17) is 0 Å². The lowest BCUT2D eigenvalue weighted by molar-refractivity contribution is -0.122. The lowest BCUT2D eigenvalue weighted by atomic mass is 9.96. The molecule has 2 amide bonds. The molecule has 3 aromatic heterocycles. The van der Waals surface area contributed by atoms with Crippen molar-refractivity contribution in [3.63, 3.8) is 0 Å². The van der Waals surface area contributed by atoms with Crippen LogP contribution in [-0.4, -0.2) is 26.8 Å². The summed E-state index contributed by atoms with van der Waals surface area (Å²) in [5, 5.41) is 4.13. The average molecular weight is 328 g/mol. The predicted octanol–water partition coefficient (Wildman–Crippen LogP) is 2.61. The summed E-state index contributed by atoms with van der Waals surface area (Å²) in [5.74, 6) is -0.780. The van der Waals surface area contributed by atoms with Crippen LogP contribution < -0.4 is 5.32 Å². The summed E-state index contributed by atoms with van der Waals surface area (Å²) in [7, 11) is 0. The SMILES string of the molecule is O=C1NC(=O)C(c2c[nH]c3ncccc23)=C1c1c[nH]c2ccccc12. The summed E-state index contributed by atoms with van der Waals surface area (Å²) in [6.07, 6.45) is 5.17. The Balaban J connectivity index is 1.85. The summed E-state index contributed by atoms with van der Waals surface area (Å²) >= 11 is 0.